The molecule has 0 nitrogen and oxygen atoms in total. The van der Waals surface area contributed by atoms with E-state index in [-0.39, 0.29) is 0 Å². The molecule has 144 valence electrons. The Balaban J connectivity index is 2.34. The largest absolute Gasteiger partial charge is 0.0984 e. The molecule has 0 aliphatic rings. The molecule has 0 fully saturated rings. The molecule has 0 aromatic heterocycles. The molecule has 0 aliphatic heterocycles. The van der Waals surface area contributed by atoms with Crippen LogP contribution in [0, 0.1) is 17.8 Å². The molecule has 2 unspecified atom stereocenters. The fourth-order valence-corrected chi connectivity index (χ4v) is 3.58. The van der Waals surface area contributed by atoms with Crippen LogP contribution in [-0.4, -0.2) is 0 Å². The van der Waals surface area contributed by atoms with E-state index in [0.29, 0.717) is 11.8 Å². The van der Waals surface area contributed by atoms with Crippen LogP contribution < -0.4 is 0 Å². The van der Waals surface area contributed by atoms with Gasteiger partial charge in [-0.15, -0.1) is 0 Å². The first-order chi connectivity index (χ1) is 13.0. The molecule has 0 heterocycles. The van der Waals surface area contributed by atoms with E-state index in [1.165, 1.54) is 41.5 Å². The molecule has 0 aliphatic carbocycles. The van der Waals surface area contributed by atoms with Crippen molar-refractivity contribution in [1.82, 2.24) is 0 Å². The lowest BCUT2D eigenvalue weighted by Crippen LogP contribution is -2.11. The van der Waals surface area contributed by atoms with Crippen LogP contribution in [0.2, 0.25) is 0 Å². The van der Waals surface area contributed by atoms with Gasteiger partial charge in [-0.05, 0) is 52.9 Å². The molecule has 0 amide bonds. The van der Waals surface area contributed by atoms with Crippen molar-refractivity contribution in [2.24, 2.45) is 17.8 Å². The molecule has 0 N–H and O–H groups in total. The predicted octanol–water partition coefficient (Wildman–Crippen LogP) is 8.36. The van der Waals surface area contributed by atoms with Gasteiger partial charge in [0.1, 0.15) is 0 Å². The first-order valence-electron chi connectivity index (χ1n) is 10.5. The van der Waals surface area contributed by atoms with Crippen LogP contribution in [-0.2, 0) is 0 Å². The zero-order chi connectivity index (χ0) is 19.6. The average Bonchev–Trinajstić information content (AvgIpc) is 2.70. The fraction of sp³-hybridized carbons (Fsp3) is 0.407. The van der Waals surface area contributed by atoms with Gasteiger partial charge in [0.15, 0.2) is 0 Å². The van der Waals surface area contributed by atoms with Crippen LogP contribution in [0.25, 0.3) is 17.7 Å². The van der Waals surface area contributed by atoms with Crippen molar-refractivity contribution in [2.45, 2.75) is 53.4 Å². The highest BCUT2D eigenvalue weighted by Crippen LogP contribution is 2.33. The number of hydrogen-bond donors (Lipinski definition) is 0. The molecule has 0 spiro atoms. The monoisotopic (exact) mass is 360 g/mol. The molecule has 0 saturated carbocycles. The fourth-order valence-electron chi connectivity index (χ4n) is 3.58. The Morgan fingerprint density at radius 2 is 1.52 bits per heavy atom. The molecule has 0 radical (unpaired) electrons. The summed E-state index contributed by atoms with van der Waals surface area (Å²) >= 11 is 0. The molecule has 0 saturated heterocycles. The highest BCUT2D eigenvalue weighted by molar-refractivity contribution is 5.84. The lowest BCUT2D eigenvalue weighted by atomic mass is 9.81. The van der Waals surface area contributed by atoms with Crippen LogP contribution in [0.15, 0.2) is 61.2 Å². The van der Waals surface area contributed by atoms with Crippen molar-refractivity contribution in [2.75, 3.05) is 0 Å². The van der Waals surface area contributed by atoms with Crippen molar-refractivity contribution in [3.8, 4) is 0 Å². The van der Waals surface area contributed by atoms with E-state index in [9.17, 15) is 0 Å². The average molecular weight is 361 g/mol. The second-order valence-electron chi connectivity index (χ2n) is 8.17. The van der Waals surface area contributed by atoms with E-state index >= 15 is 0 Å². The van der Waals surface area contributed by atoms with E-state index in [1.807, 2.05) is 6.08 Å². The molecular weight excluding hydrogens is 324 g/mol. The summed E-state index contributed by atoms with van der Waals surface area (Å²) in [6, 6.07) is 19.4. The summed E-state index contributed by atoms with van der Waals surface area (Å²) in [5.74, 6) is 2.22. The Morgan fingerprint density at radius 3 is 2.11 bits per heavy atom. The normalized spacial score (nSPS) is 14.2. The van der Waals surface area contributed by atoms with Crippen molar-refractivity contribution in [1.29, 1.82) is 0 Å². The van der Waals surface area contributed by atoms with Gasteiger partial charge in [0.05, 0.1) is 0 Å². The minimum Gasteiger partial charge on any atom is -0.0984 e. The second kappa shape index (κ2) is 10.9. The number of allylic oxidation sites excluding steroid dienone is 1. The highest BCUT2D eigenvalue weighted by atomic mass is 14.2. The maximum absolute atomic E-state index is 3.99. The maximum atomic E-state index is 3.99. The summed E-state index contributed by atoms with van der Waals surface area (Å²) in [5, 5.41) is 0. The molecule has 27 heavy (non-hydrogen) atoms. The van der Waals surface area contributed by atoms with E-state index < -0.39 is 0 Å². The molecule has 2 rings (SSSR count). The summed E-state index contributed by atoms with van der Waals surface area (Å²) in [4.78, 5) is 0. The summed E-state index contributed by atoms with van der Waals surface area (Å²) in [6.45, 7) is 13.4. The third-order valence-electron chi connectivity index (χ3n) is 5.84. The molecule has 0 bridgehead atoms. The lowest BCUT2D eigenvalue weighted by molar-refractivity contribution is 0.329. The molecular formula is C27H36. The first-order valence-corrected chi connectivity index (χ1v) is 10.5. The first kappa shape index (κ1) is 21.2. The minimum atomic E-state index is 0.691. The topological polar surface area (TPSA) is 0 Å². The predicted molar refractivity (Wildman–Crippen MR) is 122 cm³/mol. The van der Waals surface area contributed by atoms with Crippen molar-refractivity contribution >= 4 is 17.7 Å². The van der Waals surface area contributed by atoms with Gasteiger partial charge in [-0.1, -0.05) is 114 Å². The molecule has 0 heteroatoms. The maximum Gasteiger partial charge on any atom is -0.0181 e. The summed E-state index contributed by atoms with van der Waals surface area (Å²) in [5.41, 5.74) is 5.24. The smallest absolute Gasteiger partial charge is 0.0181 e. The Bertz CT molecular complexity index is 721. The minimum absolute atomic E-state index is 0.691. The van der Waals surface area contributed by atoms with Crippen LogP contribution in [0.1, 0.15) is 70.1 Å². The summed E-state index contributed by atoms with van der Waals surface area (Å²) in [6.07, 6.45) is 9.37. The Labute approximate surface area is 167 Å². The number of rotatable bonds is 10. The van der Waals surface area contributed by atoms with Crippen LogP contribution in [0.3, 0.4) is 0 Å². The third kappa shape index (κ3) is 6.54. The molecule has 2 aromatic carbocycles. The van der Waals surface area contributed by atoms with E-state index in [1.54, 1.807) is 0 Å². The Hall–Kier alpha value is -2.08. The SMILES string of the molecule is C=Cc1ccccc1/C=C(/CC(CCC(C)CC)C(C)C)c1ccccc1. The van der Waals surface area contributed by atoms with Gasteiger partial charge in [0.2, 0.25) is 0 Å². The van der Waals surface area contributed by atoms with Crippen LogP contribution >= 0.6 is 0 Å². The van der Waals surface area contributed by atoms with Crippen LogP contribution in [0.4, 0.5) is 0 Å². The van der Waals surface area contributed by atoms with E-state index in [2.05, 4.69) is 94.9 Å². The summed E-state index contributed by atoms with van der Waals surface area (Å²) < 4.78 is 0. The van der Waals surface area contributed by atoms with Crippen molar-refractivity contribution in [3.05, 3.63) is 77.9 Å². The van der Waals surface area contributed by atoms with E-state index in [4.69, 9.17) is 0 Å². The van der Waals surface area contributed by atoms with Gasteiger partial charge in [0.25, 0.3) is 0 Å². The Morgan fingerprint density at radius 1 is 0.889 bits per heavy atom. The quantitative estimate of drug-likeness (QED) is 0.373. The van der Waals surface area contributed by atoms with Gasteiger partial charge < -0.3 is 0 Å². The second-order valence-corrected chi connectivity index (χ2v) is 8.17. The lowest BCUT2D eigenvalue weighted by Gasteiger charge is -2.24. The highest BCUT2D eigenvalue weighted by Gasteiger charge is 2.17. The van der Waals surface area contributed by atoms with Gasteiger partial charge in [-0.3, -0.25) is 0 Å². The number of benzene rings is 2. The zero-order valence-electron chi connectivity index (χ0n) is 17.6. The zero-order valence-corrected chi connectivity index (χ0v) is 17.6. The van der Waals surface area contributed by atoms with Gasteiger partial charge >= 0.3 is 0 Å². The van der Waals surface area contributed by atoms with Gasteiger partial charge in [-0.2, -0.15) is 0 Å². The van der Waals surface area contributed by atoms with E-state index in [0.717, 1.165) is 12.3 Å². The van der Waals surface area contributed by atoms with Crippen LogP contribution in [0.5, 0.6) is 0 Å². The Kier molecular flexibility index (Phi) is 8.58. The van der Waals surface area contributed by atoms with Crippen molar-refractivity contribution in [3.63, 3.8) is 0 Å². The van der Waals surface area contributed by atoms with Gasteiger partial charge in [0, 0.05) is 0 Å². The standard InChI is InChI=1S/C27H36/c1-6-22(5)17-18-25(21(3)4)19-27(24-14-9-8-10-15-24)20-26-16-12-11-13-23(26)7-2/h7-16,20-22,25H,2,6,17-19H2,1,3-5H3/b27-20-. The summed E-state index contributed by atoms with van der Waals surface area (Å²) in [7, 11) is 0. The van der Waals surface area contributed by atoms with Gasteiger partial charge in [-0.25, -0.2) is 0 Å². The van der Waals surface area contributed by atoms with Crippen molar-refractivity contribution < 1.29 is 0 Å². The molecule has 2 atom stereocenters. The number of hydrogen-bond acceptors (Lipinski definition) is 0. The molecule has 2 aromatic rings. The third-order valence-corrected chi connectivity index (χ3v) is 5.84.